The molecule has 2 heterocycles. The summed E-state index contributed by atoms with van der Waals surface area (Å²) in [5, 5.41) is 0.451. The minimum Gasteiger partial charge on any atom is -0.399 e. The molecule has 0 amide bonds. The highest BCUT2D eigenvalue weighted by Gasteiger charge is 2.29. The topological polar surface area (TPSA) is 78.0 Å². The highest BCUT2D eigenvalue weighted by molar-refractivity contribution is 6.13. The second-order valence-electron chi connectivity index (χ2n) is 4.70. The Morgan fingerprint density at radius 2 is 1.85 bits per heavy atom. The summed E-state index contributed by atoms with van der Waals surface area (Å²) in [5.41, 5.74) is 7.50. The van der Waals surface area contributed by atoms with Crippen molar-refractivity contribution >= 4 is 22.4 Å². The molecule has 20 heavy (non-hydrogen) atoms. The van der Waals surface area contributed by atoms with Crippen molar-refractivity contribution in [3.63, 3.8) is 0 Å². The Morgan fingerprint density at radius 3 is 2.70 bits per heavy atom. The monoisotopic (exact) mass is 263 g/mol. The molecular formula is C15H9N3O2. The van der Waals surface area contributed by atoms with Crippen LogP contribution in [0.4, 0.5) is 5.69 Å². The predicted octanol–water partition coefficient (Wildman–Crippen LogP) is 1.51. The summed E-state index contributed by atoms with van der Waals surface area (Å²) in [7, 11) is 0. The molecule has 0 fully saturated rings. The highest BCUT2D eigenvalue weighted by atomic mass is 16.1. The van der Waals surface area contributed by atoms with Crippen LogP contribution in [0.3, 0.4) is 0 Å². The van der Waals surface area contributed by atoms with Crippen LogP contribution in [0.25, 0.3) is 16.6 Å². The van der Waals surface area contributed by atoms with E-state index in [9.17, 15) is 9.59 Å². The third kappa shape index (κ3) is 1.23. The second kappa shape index (κ2) is 3.54. The van der Waals surface area contributed by atoms with Gasteiger partial charge in [-0.3, -0.25) is 14.2 Å². The van der Waals surface area contributed by atoms with E-state index in [1.165, 1.54) is 4.57 Å². The number of hydrogen-bond donors (Lipinski definition) is 1. The van der Waals surface area contributed by atoms with Gasteiger partial charge in [0.1, 0.15) is 0 Å². The van der Waals surface area contributed by atoms with Crippen LogP contribution >= 0.6 is 0 Å². The van der Waals surface area contributed by atoms with E-state index < -0.39 is 0 Å². The van der Waals surface area contributed by atoms with Crippen LogP contribution in [0.15, 0.2) is 47.3 Å². The molecule has 0 radical (unpaired) electrons. The van der Waals surface area contributed by atoms with Crippen molar-refractivity contribution < 1.29 is 4.79 Å². The molecule has 3 aromatic rings. The number of nitrogen functional groups attached to an aromatic ring is 1. The van der Waals surface area contributed by atoms with E-state index in [-0.39, 0.29) is 17.2 Å². The molecule has 1 aromatic heterocycles. The minimum absolute atomic E-state index is 0.148. The lowest BCUT2D eigenvalue weighted by Gasteiger charge is -2.05. The zero-order valence-electron chi connectivity index (χ0n) is 10.3. The van der Waals surface area contributed by atoms with Gasteiger partial charge < -0.3 is 5.73 Å². The Balaban J connectivity index is 2.21. The normalized spacial score (nSPS) is 12.5. The molecule has 1 aliphatic rings. The van der Waals surface area contributed by atoms with E-state index in [0.717, 1.165) is 0 Å². The first-order valence-corrected chi connectivity index (χ1v) is 6.13. The summed E-state index contributed by atoms with van der Waals surface area (Å²) in [6.07, 6.45) is 0. The summed E-state index contributed by atoms with van der Waals surface area (Å²) in [6, 6.07) is 11.9. The molecule has 96 valence electrons. The summed E-state index contributed by atoms with van der Waals surface area (Å²) < 4.78 is 1.37. The van der Waals surface area contributed by atoms with Gasteiger partial charge in [-0.15, -0.1) is 0 Å². The van der Waals surface area contributed by atoms with E-state index in [4.69, 9.17) is 5.73 Å². The van der Waals surface area contributed by atoms with Gasteiger partial charge in [0.25, 0.3) is 5.56 Å². The van der Waals surface area contributed by atoms with Crippen molar-refractivity contribution in [3.05, 3.63) is 64.2 Å². The van der Waals surface area contributed by atoms with Crippen LogP contribution in [0.5, 0.6) is 0 Å². The fraction of sp³-hybridized carbons (Fsp3) is 0. The molecule has 2 N–H and O–H groups in total. The average Bonchev–Trinajstić information content (AvgIpc) is 2.73. The maximum Gasteiger partial charge on any atom is 0.266 e. The van der Waals surface area contributed by atoms with Gasteiger partial charge in [0.2, 0.25) is 5.78 Å². The van der Waals surface area contributed by atoms with E-state index >= 15 is 0 Å². The van der Waals surface area contributed by atoms with Crippen LogP contribution in [0.2, 0.25) is 0 Å². The van der Waals surface area contributed by atoms with Crippen molar-refractivity contribution in [2.24, 2.45) is 0 Å². The number of rotatable bonds is 0. The predicted molar refractivity (Wildman–Crippen MR) is 75.2 cm³/mol. The van der Waals surface area contributed by atoms with Gasteiger partial charge in [-0.05, 0) is 30.3 Å². The molecule has 5 heteroatoms. The smallest absolute Gasteiger partial charge is 0.266 e. The summed E-state index contributed by atoms with van der Waals surface area (Å²) >= 11 is 0. The number of carbonyl (C=O) groups excluding carboxylic acids is 1. The molecule has 0 saturated heterocycles. The molecule has 5 nitrogen and oxygen atoms in total. The Hall–Kier alpha value is -2.95. The van der Waals surface area contributed by atoms with Gasteiger partial charge in [0.15, 0.2) is 5.82 Å². The average molecular weight is 263 g/mol. The molecule has 0 spiro atoms. The minimum atomic E-state index is -0.247. The van der Waals surface area contributed by atoms with Gasteiger partial charge in [-0.1, -0.05) is 12.1 Å². The van der Waals surface area contributed by atoms with E-state index in [0.29, 0.717) is 27.8 Å². The Labute approximate surface area is 113 Å². The maximum atomic E-state index is 12.6. The van der Waals surface area contributed by atoms with Crippen molar-refractivity contribution in [1.29, 1.82) is 0 Å². The Kier molecular flexibility index (Phi) is 1.93. The highest BCUT2D eigenvalue weighted by Crippen LogP contribution is 2.26. The van der Waals surface area contributed by atoms with Crippen LogP contribution in [0.1, 0.15) is 16.2 Å². The fourth-order valence-electron chi connectivity index (χ4n) is 2.56. The van der Waals surface area contributed by atoms with Crippen LogP contribution in [-0.2, 0) is 0 Å². The molecule has 1 aliphatic heterocycles. The summed E-state index contributed by atoms with van der Waals surface area (Å²) in [4.78, 5) is 29.2. The van der Waals surface area contributed by atoms with Gasteiger partial charge in [0.05, 0.1) is 22.2 Å². The molecule has 0 unspecified atom stereocenters. The van der Waals surface area contributed by atoms with Gasteiger partial charge in [-0.2, -0.15) is 0 Å². The molecule has 2 aromatic carbocycles. The third-order valence-electron chi connectivity index (χ3n) is 3.49. The maximum absolute atomic E-state index is 12.6. The molecular weight excluding hydrogens is 254 g/mol. The first-order valence-electron chi connectivity index (χ1n) is 6.13. The van der Waals surface area contributed by atoms with Gasteiger partial charge >= 0.3 is 0 Å². The summed E-state index contributed by atoms with van der Waals surface area (Å²) in [6.45, 7) is 0. The molecule has 0 aliphatic carbocycles. The second-order valence-corrected chi connectivity index (χ2v) is 4.70. The number of anilines is 1. The molecule has 0 saturated carbocycles. The number of hydrogen-bond acceptors (Lipinski definition) is 4. The van der Waals surface area contributed by atoms with Crippen LogP contribution in [0, 0.1) is 0 Å². The number of nitrogens with zero attached hydrogens (tertiary/aromatic N) is 2. The van der Waals surface area contributed by atoms with Crippen molar-refractivity contribution in [2.45, 2.75) is 0 Å². The molecule has 4 rings (SSSR count). The number of ketones is 1. The Morgan fingerprint density at radius 1 is 1.05 bits per heavy atom. The fourth-order valence-corrected chi connectivity index (χ4v) is 2.56. The lowest BCUT2D eigenvalue weighted by Crippen LogP contribution is -2.21. The van der Waals surface area contributed by atoms with E-state index in [1.807, 2.05) is 0 Å². The van der Waals surface area contributed by atoms with E-state index in [1.54, 1.807) is 42.5 Å². The lowest BCUT2D eigenvalue weighted by molar-refractivity contribution is 0.103. The van der Waals surface area contributed by atoms with Crippen molar-refractivity contribution in [1.82, 2.24) is 9.55 Å². The molecule has 0 atom stereocenters. The number of aromatic nitrogens is 2. The number of nitrogens with two attached hydrogens (primary N) is 1. The zero-order chi connectivity index (χ0) is 13.9. The van der Waals surface area contributed by atoms with Crippen LogP contribution in [-0.4, -0.2) is 15.3 Å². The van der Waals surface area contributed by atoms with Crippen molar-refractivity contribution in [3.8, 4) is 5.69 Å². The van der Waals surface area contributed by atoms with Crippen LogP contribution < -0.4 is 11.3 Å². The third-order valence-corrected chi connectivity index (χ3v) is 3.49. The largest absolute Gasteiger partial charge is 0.399 e. The van der Waals surface area contributed by atoms with Gasteiger partial charge in [0, 0.05) is 5.69 Å². The SMILES string of the molecule is Nc1ccc2c(=O)n3c(nc2c1)C(=O)c1ccccc1-3. The first-order chi connectivity index (χ1) is 9.66. The standard InChI is InChI=1S/C15H9N3O2/c16-8-5-6-9-11(7-8)17-14-13(19)10-3-1-2-4-12(10)18(14)15(9)20/h1-7H,16H2. The number of carbonyl (C=O) groups is 1. The number of benzene rings is 2. The van der Waals surface area contributed by atoms with Gasteiger partial charge in [-0.25, -0.2) is 4.98 Å². The zero-order valence-corrected chi connectivity index (χ0v) is 10.3. The van der Waals surface area contributed by atoms with Crippen molar-refractivity contribution in [2.75, 3.05) is 5.73 Å². The first kappa shape index (κ1) is 10.9. The quantitative estimate of drug-likeness (QED) is 0.488. The number of fused-ring (bicyclic) bond motifs is 4. The number of para-hydroxylation sites is 1. The summed E-state index contributed by atoms with van der Waals surface area (Å²) in [5.74, 6) is -0.0867. The Bertz CT molecular complexity index is 957. The lowest BCUT2D eigenvalue weighted by atomic mass is 10.1. The van der Waals surface area contributed by atoms with E-state index in [2.05, 4.69) is 4.98 Å². The molecule has 0 bridgehead atoms.